The largest absolute Gasteiger partial charge is 0.387 e. The van der Waals surface area contributed by atoms with Gasteiger partial charge in [-0.1, -0.05) is 60.5 Å². The summed E-state index contributed by atoms with van der Waals surface area (Å²) in [6.07, 6.45) is 9.24. The number of allylic oxidation sites excluding steroid dienone is 2. The number of hydrogen-bond acceptors (Lipinski definition) is 2. The van der Waals surface area contributed by atoms with E-state index in [1.165, 1.54) is 25.0 Å². The summed E-state index contributed by atoms with van der Waals surface area (Å²) < 4.78 is 0.1000. The maximum atomic E-state index is 5.01. The zero-order valence-corrected chi connectivity index (χ0v) is 14.9. The van der Waals surface area contributed by atoms with E-state index in [4.69, 9.17) is 12.6 Å². The Labute approximate surface area is 127 Å². The minimum Gasteiger partial charge on any atom is -0.387 e. The third kappa shape index (κ3) is 6.74. The van der Waals surface area contributed by atoms with Gasteiger partial charge in [-0.2, -0.15) is 12.6 Å². The molecule has 0 spiro atoms. The molecule has 0 bridgehead atoms. The van der Waals surface area contributed by atoms with Crippen molar-refractivity contribution in [2.75, 3.05) is 6.54 Å². The average molecular weight is 286 g/mol. The third-order valence-electron chi connectivity index (χ3n) is 4.60. The standard InChI is InChI=1S/C17H35NS/c1-7-12-15(8-2)18-14-17(19,11-5)13-16(6,9-3)10-4/h12,18-19H,7-11,13-14H2,1-6H3. The summed E-state index contributed by atoms with van der Waals surface area (Å²) in [6, 6.07) is 0. The Morgan fingerprint density at radius 1 is 1.05 bits per heavy atom. The van der Waals surface area contributed by atoms with Gasteiger partial charge in [0, 0.05) is 17.0 Å². The highest BCUT2D eigenvalue weighted by Crippen LogP contribution is 2.39. The fourth-order valence-corrected chi connectivity index (χ4v) is 2.93. The molecule has 0 heterocycles. The van der Waals surface area contributed by atoms with Gasteiger partial charge in [0.2, 0.25) is 0 Å². The van der Waals surface area contributed by atoms with E-state index in [9.17, 15) is 0 Å². The molecule has 1 unspecified atom stereocenters. The van der Waals surface area contributed by atoms with E-state index in [2.05, 4.69) is 52.9 Å². The molecule has 1 nitrogen and oxygen atoms in total. The van der Waals surface area contributed by atoms with E-state index < -0.39 is 0 Å². The Morgan fingerprint density at radius 2 is 1.63 bits per heavy atom. The molecule has 114 valence electrons. The molecule has 2 heteroatoms. The summed E-state index contributed by atoms with van der Waals surface area (Å²) in [5, 5.41) is 3.62. The van der Waals surface area contributed by atoms with E-state index in [1.54, 1.807) is 0 Å². The van der Waals surface area contributed by atoms with Crippen molar-refractivity contribution in [3.05, 3.63) is 11.8 Å². The van der Waals surface area contributed by atoms with Gasteiger partial charge in [0.15, 0.2) is 0 Å². The molecule has 1 N–H and O–H groups in total. The molecule has 0 saturated heterocycles. The second kappa shape index (κ2) is 8.94. The molecule has 0 radical (unpaired) electrons. The van der Waals surface area contributed by atoms with Gasteiger partial charge in [0.1, 0.15) is 0 Å². The van der Waals surface area contributed by atoms with Crippen LogP contribution < -0.4 is 5.32 Å². The van der Waals surface area contributed by atoms with Gasteiger partial charge < -0.3 is 5.32 Å². The molecule has 0 rings (SSSR count). The van der Waals surface area contributed by atoms with Gasteiger partial charge in [-0.25, -0.2) is 0 Å². The Morgan fingerprint density at radius 3 is 2.00 bits per heavy atom. The van der Waals surface area contributed by atoms with Crippen LogP contribution in [0.3, 0.4) is 0 Å². The van der Waals surface area contributed by atoms with Gasteiger partial charge in [-0.3, -0.25) is 0 Å². The normalized spacial score (nSPS) is 16.3. The van der Waals surface area contributed by atoms with Gasteiger partial charge in [-0.05, 0) is 31.1 Å². The lowest BCUT2D eigenvalue weighted by atomic mass is 9.75. The zero-order chi connectivity index (χ0) is 14.9. The van der Waals surface area contributed by atoms with Crippen molar-refractivity contribution >= 4 is 12.6 Å². The fourth-order valence-electron chi connectivity index (χ4n) is 2.47. The molecule has 0 aliphatic rings. The van der Waals surface area contributed by atoms with Crippen LogP contribution in [0.2, 0.25) is 0 Å². The highest BCUT2D eigenvalue weighted by molar-refractivity contribution is 7.81. The smallest absolute Gasteiger partial charge is 0.0304 e. The second-order valence-corrected chi connectivity index (χ2v) is 7.07. The van der Waals surface area contributed by atoms with E-state index in [0.29, 0.717) is 5.41 Å². The zero-order valence-electron chi connectivity index (χ0n) is 14.0. The van der Waals surface area contributed by atoms with Crippen molar-refractivity contribution in [3.8, 4) is 0 Å². The maximum absolute atomic E-state index is 5.01. The maximum Gasteiger partial charge on any atom is 0.0304 e. The summed E-state index contributed by atoms with van der Waals surface area (Å²) in [4.78, 5) is 0. The molecule has 0 saturated carbocycles. The lowest BCUT2D eigenvalue weighted by Gasteiger charge is -2.38. The summed E-state index contributed by atoms with van der Waals surface area (Å²) in [6.45, 7) is 14.6. The first-order chi connectivity index (χ1) is 8.88. The molecule has 0 aromatic carbocycles. The molecule has 0 amide bonds. The Balaban J connectivity index is 4.65. The van der Waals surface area contributed by atoms with Crippen LogP contribution in [0.25, 0.3) is 0 Å². The van der Waals surface area contributed by atoms with Crippen molar-refractivity contribution in [2.45, 2.75) is 84.8 Å². The molecule has 0 fully saturated rings. The van der Waals surface area contributed by atoms with Crippen molar-refractivity contribution in [1.82, 2.24) is 5.32 Å². The van der Waals surface area contributed by atoms with Crippen LogP contribution in [0.4, 0.5) is 0 Å². The fraction of sp³-hybridized carbons (Fsp3) is 0.882. The molecule has 0 aromatic rings. The van der Waals surface area contributed by atoms with E-state index in [0.717, 1.165) is 25.8 Å². The molecule has 1 atom stereocenters. The average Bonchev–Trinajstić information content (AvgIpc) is 2.43. The predicted octanol–water partition coefficient (Wildman–Crippen LogP) is 5.57. The first-order valence-corrected chi connectivity index (χ1v) is 8.48. The minimum atomic E-state index is 0.1000. The molecule has 0 aliphatic carbocycles. The number of hydrogen-bond donors (Lipinski definition) is 2. The topological polar surface area (TPSA) is 12.0 Å². The lowest BCUT2D eigenvalue weighted by molar-refractivity contribution is 0.233. The van der Waals surface area contributed by atoms with Crippen LogP contribution in [-0.4, -0.2) is 11.3 Å². The SMILES string of the molecule is CCC=C(CC)NCC(S)(CC)CC(C)(CC)CC. The van der Waals surface area contributed by atoms with Gasteiger partial charge >= 0.3 is 0 Å². The monoisotopic (exact) mass is 285 g/mol. The molecule has 19 heavy (non-hydrogen) atoms. The molecular weight excluding hydrogens is 250 g/mol. The highest BCUT2D eigenvalue weighted by atomic mass is 32.1. The highest BCUT2D eigenvalue weighted by Gasteiger charge is 2.32. The lowest BCUT2D eigenvalue weighted by Crippen LogP contribution is -2.39. The third-order valence-corrected chi connectivity index (χ3v) is 5.23. The van der Waals surface area contributed by atoms with Crippen LogP contribution in [0.5, 0.6) is 0 Å². The van der Waals surface area contributed by atoms with Crippen molar-refractivity contribution < 1.29 is 0 Å². The van der Waals surface area contributed by atoms with Crippen molar-refractivity contribution in [3.63, 3.8) is 0 Å². The number of thiol groups is 1. The summed E-state index contributed by atoms with van der Waals surface area (Å²) >= 11 is 5.01. The summed E-state index contributed by atoms with van der Waals surface area (Å²) in [5.74, 6) is 0. The predicted molar refractivity (Wildman–Crippen MR) is 92.0 cm³/mol. The molecule has 0 aromatic heterocycles. The molecule has 0 aliphatic heterocycles. The Kier molecular flexibility index (Phi) is 8.89. The van der Waals surface area contributed by atoms with Crippen LogP contribution in [-0.2, 0) is 0 Å². The second-order valence-electron chi connectivity index (χ2n) is 6.12. The first kappa shape index (κ1) is 18.9. The van der Waals surface area contributed by atoms with Gasteiger partial charge in [-0.15, -0.1) is 0 Å². The Bertz CT molecular complexity index is 268. The Hall–Kier alpha value is -0.110. The van der Waals surface area contributed by atoms with Crippen molar-refractivity contribution in [2.24, 2.45) is 5.41 Å². The van der Waals surface area contributed by atoms with Crippen LogP contribution in [0.1, 0.15) is 80.1 Å². The van der Waals surface area contributed by atoms with Gasteiger partial charge in [0.25, 0.3) is 0 Å². The summed E-state index contributed by atoms with van der Waals surface area (Å²) in [5.41, 5.74) is 1.78. The van der Waals surface area contributed by atoms with E-state index in [-0.39, 0.29) is 4.75 Å². The first-order valence-electron chi connectivity index (χ1n) is 8.03. The van der Waals surface area contributed by atoms with E-state index in [1.807, 2.05) is 0 Å². The minimum absolute atomic E-state index is 0.1000. The molecular formula is C17H35NS. The van der Waals surface area contributed by atoms with Crippen LogP contribution in [0.15, 0.2) is 11.8 Å². The van der Waals surface area contributed by atoms with E-state index >= 15 is 0 Å². The van der Waals surface area contributed by atoms with Crippen molar-refractivity contribution in [1.29, 1.82) is 0 Å². The quantitative estimate of drug-likeness (QED) is 0.500. The number of nitrogens with one attached hydrogen (secondary N) is 1. The van der Waals surface area contributed by atoms with Crippen LogP contribution >= 0.6 is 12.6 Å². The summed E-state index contributed by atoms with van der Waals surface area (Å²) in [7, 11) is 0. The number of rotatable bonds is 10. The van der Waals surface area contributed by atoms with Crippen LogP contribution in [0, 0.1) is 5.41 Å². The van der Waals surface area contributed by atoms with Gasteiger partial charge in [0.05, 0.1) is 0 Å².